The van der Waals surface area contributed by atoms with Crippen LogP contribution < -0.4 is 5.32 Å². The van der Waals surface area contributed by atoms with Crippen molar-refractivity contribution in [1.29, 1.82) is 0 Å². The van der Waals surface area contributed by atoms with Crippen molar-refractivity contribution in [3.05, 3.63) is 34.3 Å². The summed E-state index contributed by atoms with van der Waals surface area (Å²) >= 11 is 3.34. The molecule has 0 radical (unpaired) electrons. The number of benzene rings is 1. The Kier molecular flexibility index (Phi) is 5.14. The number of rotatable bonds is 5. The van der Waals surface area contributed by atoms with Gasteiger partial charge in [-0.1, -0.05) is 28.1 Å². The molecule has 1 aromatic carbocycles. The van der Waals surface area contributed by atoms with E-state index >= 15 is 0 Å². The monoisotopic (exact) mass is 341 g/mol. The lowest BCUT2D eigenvalue weighted by molar-refractivity contribution is -0.138. The number of carboxylic acid groups (broad SMARTS) is 1. The summed E-state index contributed by atoms with van der Waals surface area (Å²) in [5, 5.41) is 11.8. The predicted octanol–water partition coefficient (Wildman–Crippen LogP) is 2.26. The van der Waals surface area contributed by atoms with Crippen molar-refractivity contribution in [2.24, 2.45) is 0 Å². The maximum atomic E-state index is 12.1. The van der Waals surface area contributed by atoms with Crippen molar-refractivity contribution in [3.8, 4) is 0 Å². The normalized spacial score (nSPS) is 19.6. The fourth-order valence-electron chi connectivity index (χ4n) is 2.20. The third-order valence-corrected chi connectivity index (χ3v) is 3.66. The molecule has 108 valence electrons. The lowest BCUT2D eigenvalue weighted by Crippen LogP contribution is -2.37. The molecule has 0 aliphatic carbocycles. The average Bonchev–Trinajstić information content (AvgIpc) is 2.91. The molecule has 2 atom stereocenters. The Balaban J connectivity index is 2.10. The summed E-state index contributed by atoms with van der Waals surface area (Å²) in [4.78, 5) is 23.0. The lowest BCUT2D eigenvalue weighted by atomic mass is 10.0. The van der Waals surface area contributed by atoms with Crippen molar-refractivity contribution in [2.45, 2.75) is 31.4 Å². The summed E-state index contributed by atoms with van der Waals surface area (Å²) in [5.74, 6) is -1.20. The van der Waals surface area contributed by atoms with Crippen molar-refractivity contribution in [2.75, 3.05) is 6.61 Å². The molecule has 1 amide bonds. The van der Waals surface area contributed by atoms with Crippen LogP contribution in [0.5, 0.6) is 0 Å². The maximum Gasteiger partial charge on any atom is 0.305 e. The van der Waals surface area contributed by atoms with E-state index in [4.69, 9.17) is 9.84 Å². The zero-order valence-electron chi connectivity index (χ0n) is 10.8. The molecule has 1 saturated heterocycles. The fraction of sp³-hybridized carbons (Fsp3) is 0.429. The molecule has 1 aromatic rings. The zero-order valence-corrected chi connectivity index (χ0v) is 12.4. The second kappa shape index (κ2) is 6.85. The molecule has 0 unspecified atom stereocenters. The molecule has 2 N–H and O–H groups in total. The minimum Gasteiger partial charge on any atom is -0.481 e. The number of nitrogens with one attached hydrogen (secondary N) is 1. The van der Waals surface area contributed by atoms with Gasteiger partial charge in [-0.25, -0.2) is 0 Å². The summed E-state index contributed by atoms with van der Waals surface area (Å²) < 4.78 is 6.16. The third-order valence-electron chi connectivity index (χ3n) is 3.17. The van der Waals surface area contributed by atoms with E-state index in [9.17, 15) is 9.59 Å². The van der Waals surface area contributed by atoms with E-state index in [0.29, 0.717) is 13.0 Å². The molecule has 5 nitrogen and oxygen atoms in total. The Bertz CT molecular complexity index is 500. The van der Waals surface area contributed by atoms with Gasteiger partial charge < -0.3 is 15.2 Å². The lowest BCUT2D eigenvalue weighted by Gasteiger charge is -2.20. The molecule has 0 saturated carbocycles. The third kappa shape index (κ3) is 4.05. The van der Waals surface area contributed by atoms with E-state index in [-0.39, 0.29) is 12.3 Å². The Hall–Kier alpha value is -1.40. The number of carbonyl (C=O) groups is 2. The van der Waals surface area contributed by atoms with Gasteiger partial charge in [0.1, 0.15) is 6.10 Å². The van der Waals surface area contributed by atoms with Crippen LogP contribution in [0.4, 0.5) is 0 Å². The number of ether oxygens (including phenoxy) is 1. The van der Waals surface area contributed by atoms with Gasteiger partial charge >= 0.3 is 5.97 Å². The van der Waals surface area contributed by atoms with E-state index in [2.05, 4.69) is 21.2 Å². The van der Waals surface area contributed by atoms with Gasteiger partial charge in [-0.3, -0.25) is 9.59 Å². The first-order valence-corrected chi connectivity index (χ1v) is 7.25. The summed E-state index contributed by atoms with van der Waals surface area (Å²) in [7, 11) is 0. The van der Waals surface area contributed by atoms with Crippen molar-refractivity contribution >= 4 is 27.8 Å². The quantitative estimate of drug-likeness (QED) is 0.861. The van der Waals surface area contributed by atoms with Crippen LogP contribution in [0.25, 0.3) is 0 Å². The summed E-state index contributed by atoms with van der Waals surface area (Å²) in [6, 6.07) is 6.72. The summed E-state index contributed by atoms with van der Waals surface area (Å²) in [6.45, 7) is 0.582. The SMILES string of the molecule is O=C(O)C[C@H](NC(=O)[C@@H]1CCCO1)c1cccc(Br)c1. The number of amides is 1. The van der Waals surface area contributed by atoms with Gasteiger partial charge in [-0.2, -0.15) is 0 Å². The minimum absolute atomic E-state index is 0.158. The molecule has 1 aliphatic rings. The highest BCUT2D eigenvalue weighted by molar-refractivity contribution is 9.10. The fourth-order valence-corrected chi connectivity index (χ4v) is 2.62. The van der Waals surface area contributed by atoms with Gasteiger partial charge in [-0.05, 0) is 30.5 Å². The number of aliphatic carboxylic acids is 1. The number of halogens is 1. The highest BCUT2D eigenvalue weighted by Crippen LogP contribution is 2.22. The molecule has 1 fully saturated rings. The van der Waals surface area contributed by atoms with Crippen LogP contribution in [0, 0.1) is 0 Å². The van der Waals surface area contributed by atoms with Crippen LogP contribution in [0.15, 0.2) is 28.7 Å². The largest absolute Gasteiger partial charge is 0.481 e. The molecular formula is C14H16BrNO4. The van der Waals surface area contributed by atoms with E-state index < -0.39 is 18.1 Å². The Morgan fingerprint density at radius 3 is 2.90 bits per heavy atom. The molecule has 6 heteroatoms. The highest BCUT2D eigenvalue weighted by Gasteiger charge is 2.27. The number of carboxylic acids is 1. The zero-order chi connectivity index (χ0) is 14.5. The van der Waals surface area contributed by atoms with Crippen LogP contribution in [0.1, 0.15) is 30.9 Å². The van der Waals surface area contributed by atoms with Crippen molar-refractivity contribution in [3.63, 3.8) is 0 Å². The molecule has 0 spiro atoms. The molecular weight excluding hydrogens is 326 g/mol. The summed E-state index contributed by atoms with van der Waals surface area (Å²) in [6.07, 6.45) is 0.927. The van der Waals surface area contributed by atoms with Gasteiger partial charge in [0.05, 0.1) is 12.5 Å². The molecule has 2 rings (SSSR count). The smallest absolute Gasteiger partial charge is 0.305 e. The van der Waals surface area contributed by atoms with Crippen LogP contribution in [0.3, 0.4) is 0 Å². The van der Waals surface area contributed by atoms with Crippen molar-refractivity contribution in [1.82, 2.24) is 5.32 Å². The van der Waals surface area contributed by atoms with Gasteiger partial charge in [0.15, 0.2) is 0 Å². The van der Waals surface area contributed by atoms with Crippen LogP contribution in [-0.2, 0) is 14.3 Å². The first kappa shape index (κ1) is 15.0. The maximum absolute atomic E-state index is 12.1. The predicted molar refractivity (Wildman–Crippen MR) is 76.3 cm³/mol. The first-order valence-electron chi connectivity index (χ1n) is 6.45. The molecule has 1 aliphatic heterocycles. The number of hydrogen-bond acceptors (Lipinski definition) is 3. The Morgan fingerprint density at radius 2 is 2.30 bits per heavy atom. The molecule has 0 bridgehead atoms. The molecule has 20 heavy (non-hydrogen) atoms. The van der Waals surface area contributed by atoms with Gasteiger partial charge in [0.25, 0.3) is 0 Å². The first-order chi connectivity index (χ1) is 9.56. The van der Waals surface area contributed by atoms with Gasteiger partial charge in [0, 0.05) is 11.1 Å². The second-order valence-electron chi connectivity index (χ2n) is 4.72. The second-order valence-corrected chi connectivity index (χ2v) is 5.63. The molecule has 1 heterocycles. The van der Waals surface area contributed by atoms with E-state index in [1.165, 1.54) is 0 Å². The van der Waals surface area contributed by atoms with Gasteiger partial charge in [-0.15, -0.1) is 0 Å². The average molecular weight is 342 g/mol. The Labute approximate surface area is 125 Å². The van der Waals surface area contributed by atoms with E-state index in [0.717, 1.165) is 16.5 Å². The van der Waals surface area contributed by atoms with Crippen LogP contribution in [0.2, 0.25) is 0 Å². The van der Waals surface area contributed by atoms with E-state index in [1.807, 2.05) is 18.2 Å². The topological polar surface area (TPSA) is 75.6 Å². The van der Waals surface area contributed by atoms with Crippen molar-refractivity contribution < 1.29 is 19.4 Å². The highest BCUT2D eigenvalue weighted by atomic mass is 79.9. The standard InChI is InChI=1S/C14H16BrNO4/c15-10-4-1-3-9(7-10)11(8-13(17)18)16-14(19)12-5-2-6-20-12/h1,3-4,7,11-12H,2,5-6,8H2,(H,16,19)(H,17,18)/t11-,12-/m0/s1. The summed E-state index contributed by atoms with van der Waals surface area (Å²) in [5.41, 5.74) is 0.758. The van der Waals surface area contributed by atoms with Crippen LogP contribution in [-0.4, -0.2) is 29.7 Å². The number of hydrogen-bond donors (Lipinski definition) is 2. The van der Waals surface area contributed by atoms with E-state index in [1.54, 1.807) is 6.07 Å². The molecule has 0 aromatic heterocycles. The number of carbonyl (C=O) groups excluding carboxylic acids is 1. The van der Waals surface area contributed by atoms with Crippen LogP contribution >= 0.6 is 15.9 Å². The Morgan fingerprint density at radius 1 is 1.50 bits per heavy atom. The van der Waals surface area contributed by atoms with Gasteiger partial charge in [0.2, 0.25) is 5.91 Å². The minimum atomic E-state index is -0.956.